The standard InChI is InChI=1S/C18H14N8/c19-4-2-17(11-21)9-18(10-17,3-5-20)26-8-13(7-25-26)15-14-1-6-22-16(14)24-12-23-15/h1,6-8,12H,2-3,9-10H2,(H,22,23,24). The van der Waals surface area contributed by atoms with Crippen molar-refractivity contribution in [3.8, 4) is 29.5 Å². The first-order valence-electron chi connectivity index (χ1n) is 8.14. The zero-order valence-electron chi connectivity index (χ0n) is 13.8. The smallest absolute Gasteiger partial charge is 0.141 e. The fourth-order valence-electron chi connectivity index (χ4n) is 3.93. The van der Waals surface area contributed by atoms with E-state index >= 15 is 0 Å². The summed E-state index contributed by atoms with van der Waals surface area (Å²) in [5.74, 6) is 0. The third-order valence-corrected chi connectivity index (χ3v) is 5.09. The molecule has 1 aliphatic carbocycles. The summed E-state index contributed by atoms with van der Waals surface area (Å²) in [6.07, 6.45) is 8.18. The lowest BCUT2D eigenvalue weighted by Crippen LogP contribution is -2.52. The molecule has 1 aliphatic rings. The second-order valence-corrected chi connectivity index (χ2v) is 6.78. The van der Waals surface area contributed by atoms with Crippen LogP contribution in [0.25, 0.3) is 22.3 Å². The number of nitriles is 3. The normalized spacial score (nSPS) is 24.3. The fourth-order valence-corrected chi connectivity index (χ4v) is 3.93. The van der Waals surface area contributed by atoms with E-state index in [1.807, 2.05) is 12.3 Å². The van der Waals surface area contributed by atoms with E-state index in [1.165, 1.54) is 6.33 Å². The van der Waals surface area contributed by atoms with Crippen molar-refractivity contribution in [2.75, 3.05) is 0 Å². The summed E-state index contributed by atoms with van der Waals surface area (Å²) in [5.41, 5.74) is 1.09. The van der Waals surface area contributed by atoms with E-state index < -0.39 is 11.0 Å². The van der Waals surface area contributed by atoms with Gasteiger partial charge in [-0.25, -0.2) is 9.97 Å². The molecule has 0 saturated heterocycles. The summed E-state index contributed by atoms with van der Waals surface area (Å²) < 4.78 is 1.76. The van der Waals surface area contributed by atoms with Crippen molar-refractivity contribution in [3.05, 3.63) is 31.0 Å². The average Bonchev–Trinajstić information content (AvgIpc) is 3.28. The van der Waals surface area contributed by atoms with E-state index in [4.69, 9.17) is 5.26 Å². The maximum atomic E-state index is 9.46. The van der Waals surface area contributed by atoms with E-state index in [9.17, 15) is 10.5 Å². The van der Waals surface area contributed by atoms with Crippen LogP contribution < -0.4 is 0 Å². The number of nitrogens with zero attached hydrogens (tertiary/aromatic N) is 7. The van der Waals surface area contributed by atoms with Crippen LogP contribution in [0.5, 0.6) is 0 Å². The van der Waals surface area contributed by atoms with Crippen LogP contribution in [-0.4, -0.2) is 24.7 Å². The molecule has 3 aromatic rings. The number of hydrogen-bond donors (Lipinski definition) is 1. The molecule has 0 aromatic carbocycles. The highest BCUT2D eigenvalue weighted by Crippen LogP contribution is 2.56. The molecule has 0 bridgehead atoms. The molecular weight excluding hydrogens is 328 g/mol. The summed E-state index contributed by atoms with van der Waals surface area (Å²) in [6, 6.07) is 8.46. The Bertz CT molecular complexity index is 1090. The molecule has 8 nitrogen and oxygen atoms in total. The van der Waals surface area contributed by atoms with Gasteiger partial charge in [0, 0.05) is 23.3 Å². The Labute approximate surface area is 149 Å². The van der Waals surface area contributed by atoms with Crippen molar-refractivity contribution in [2.24, 2.45) is 5.41 Å². The van der Waals surface area contributed by atoms with E-state index in [-0.39, 0.29) is 12.8 Å². The SMILES string of the molecule is N#CCC1(C#N)CC(CC#N)(n2cc(-c3ncnc4[nH]ccc34)cn2)C1. The maximum Gasteiger partial charge on any atom is 0.141 e. The van der Waals surface area contributed by atoms with Gasteiger partial charge in [-0.1, -0.05) is 0 Å². The van der Waals surface area contributed by atoms with Crippen molar-refractivity contribution in [3.63, 3.8) is 0 Å². The average molecular weight is 342 g/mol. The molecule has 1 N–H and O–H groups in total. The molecule has 1 saturated carbocycles. The largest absolute Gasteiger partial charge is 0.346 e. The predicted octanol–water partition coefficient (Wildman–Crippen LogP) is 2.65. The maximum absolute atomic E-state index is 9.46. The zero-order valence-corrected chi connectivity index (χ0v) is 13.8. The lowest BCUT2D eigenvalue weighted by Gasteiger charge is -2.50. The summed E-state index contributed by atoms with van der Waals surface area (Å²) in [6.45, 7) is 0. The van der Waals surface area contributed by atoms with Crippen LogP contribution >= 0.6 is 0 Å². The molecule has 0 radical (unpaired) electrons. The van der Waals surface area contributed by atoms with Crippen LogP contribution in [0.15, 0.2) is 31.0 Å². The summed E-state index contributed by atoms with van der Waals surface area (Å²) in [4.78, 5) is 11.6. The van der Waals surface area contributed by atoms with E-state index in [1.54, 1.807) is 17.1 Å². The molecule has 3 aromatic heterocycles. The van der Waals surface area contributed by atoms with Crippen molar-refractivity contribution in [2.45, 2.75) is 31.2 Å². The van der Waals surface area contributed by atoms with Crippen LogP contribution in [-0.2, 0) is 5.54 Å². The molecule has 0 amide bonds. The molecule has 126 valence electrons. The van der Waals surface area contributed by atoms with Crippen LogP contribution in [0.1, 0.15) is 25.7 Å². The second kappa shape index (κ2) is 5.68. The Kier molecular flexibility index (Phi) is 3.45. The number of hydrogen-bond acceptors (Lipinski definition) is 6. The zero-order chi connectivity index (χ0) is 18.2. The molecule has 3 heterocycles. The van der Waals surface area contributed by atoms with Gasteiger partial charge in [-0.2, -0.15) is 20.9 Å². The number of rotatable bonds is 4. The Morgan fingerprint density at radius 2 is 1.96 bits per heavy atom. The molecule has 1 fully saturated rings. The third-order valence-electron chi connectivity index (χ3n) is 5.09. The van der Waals surface area contributed by atoms with Gasteiger partial charge in [0.15, 0.2) is 0 Å². The highest BCUT2D eigenvalue weighted by molar-refractivity contribution is 5.89. The van der Waals surface area contributed by atoms with Crippen molar-refractivity contribution < 1.29 is 0 Å². The predicted molar refractivity (Wildman–Crippen MR) is 90.8 cm³/mol. The van der Waals surface area contributed by atoms with Crippen LogP contribution in [0.2, 0.25) is 0 Å². The van der Waals surface area contributed by atoms with E-state index in [2.05, 4.69) is 38.3 Å². The number of H-pyrrole nitrogens is 1. The first-order chi connectivity index (χ1) is 12.7. The second-order valence-electron chi connectivity index (χ2n) is 6.78. The quantitative estimate of drug-likeness (QED) is 0.775. The van der Waals surface area contributed by atoms with Gasteiger partial charge in [-0.05, 0) is 18.9 Å². The number of aromatic amines is 1. The molecule has 0 aliphatic heterocycles. The summed E-state index contributed by atoms with van der Waals surface area (Å²) >= 11 is 0. The highest BCUT2D eigenvalue weighted by atomic mass is 15.3. The van der Waals surface area contributed by atoms with Crippen LogP contribution in [0.4, 0.5) is 0 Å². The van der Waals surface area contributed by atoms with Gasteiger partial charge in [0.2, 0.25) is 0 Å². The molecule has 0 atom stereocenters. The first-order valence-corrected chi connectivity index (χ1v) is 8.14. The van der Waals surface area contributed by atoms with Crippen LogP contribution in [0, 0.1) is 39.4 Å². The summed E-state index contributed by atoms with van der Waals surface area (Å²) in [7, 11) is 0. The lowest BCUT2D eigenvalue weighted by atomic mass is 9.55. The van der Waals surface area contributed by atoms with Gasteiger partial charge < -0.3 is 4.98 Å². The Morgan fingerprint density at radius 1 is 1.15 bits per heavy atom. The molecule has 26 heavy (non-hydrogen) atoms. The molecule has 0 unspecified atom stereocenters. The van der Waals surface area contributed by atoms with Gasteiger partial charge in [0.25, 0.3) is 0 Å². The Morgan fingerprint density at radius 3 is 2.69 bits per heavy atom. The van der Waals surface area contributed by atoms with Crippen LogP contribution in [0.3, 0.4) is 0 Å². The topological polar surface area (TPSA) is 131 Å². The first kappa shape index (κ1) is 15.8. The van der Waals surface area contributed by atoms with Crippen molar-refractivity contribution in [1.29, 1.82) is 15.8 Å². The molecular formula is C18H14N8. The van der Waals surface area contributed by atoms with Gasteiger partial charge in [0.1, 0.15) is 12.0 Å². The van der Waals surface area contributed by atoms with Gasteiger partial charge >= 0.3 is 0 Å². The molecule has 8 heteroatoms. The van der Waals surface area contributed by atoms with Gasteiger partial charge in [-0.3, -0.25) is 4.68 Å². The third kappa shape index (κ3) is 2.22. The fraction of sp³-hybridized carbons (Fsp3) is 0.333. The molecule has 0 spiro atoms. The van der Waals surface area contributed by atoms with E-state index in [0.717, 1.165) is 22.3 Å². The Balaban J connectivity index is 1.71. The highest BCUT2D eigenvalue weighted by Gasteiger charge is 2.56. The van der Waals surface area contributed by atoms with Gasteiger partial charge in [-0.15, -0.1) is 0 Å². The monoisotopic (exact) mass is 342 g/mol. The minimum absolute atomic E-state index is 0.167. The summed E-state index contributed by atoms with van der Waals surface area (Å²) in [5, 5.41) is 33.1. The van der Waals surface area contributed by atoms with Crippen molar-refractivity contribution >= 4 is 11.0 Å². The number of fused-ring (bicyclic) bond motifs is 1. The minimum atomic E-state index is -0.694. The minimum Gasteiger partial charge on any atom is -0.346 e. The lowest BCUT2D eigenvalue weighted by molar-refractivity contribution is 0.00987. The van der Waals surface area contributed by atoms with Gasteiger partial charge in [0.05, 0.1) is 53.9 Å². The number of nitrogens with one attached hydrogen (secondary N) is 1. The van der Waals surface area contributed by atoms with Crippen molar-refractivity contribution in [1.82, 2.24) is 24.7 Å². The molecule has 4 rings (SSSR count). The van der Waals surface area contributed by atoms with E-state index in [0.29, 0.717) is 12.8 Å². The Hall–Kier alpha value is -3.70. The number of aromatic nitrogens is 5.